The van der Waals surface area contributed by atoms with Gasteiger partial charge in [-0.15, -0.1) is 0 Å². The van der Waals surface area contributed by atoms with E-state index in [0.29, 0.717) is 28.3 Å². The highest BCUT2D eigenvalue weighted by Gasteiger charge is 2.36. The lowest BCUT2D eigenvalue weighted by Gasteiger charge is -2.13. The van der Waals surface area contributed by atoms with Gasteiger partial charge in [-0.2, -0.15) is 0 Å². The fourth-order valence-corrected chi connectivity index (χ4v) is 4.49. The van der Waals surface area contributed by atoms with Gasteiger partial charge in [0, 0.05) is 17.8 Å². The number of nitro benzene ring substituents is 1. The quantitative estimate of drug-likeness (QED) is 0.227. The number of hydrogen-bond donors (Lipinski definition) is 1. The van der Waals surface area contributed by atoms with Crippen molar-refractivity contribution in [2.75, 3.05) is 19.0 Å². The molecule has 0 atom stereocenters. The molecule has 1 heterocycles. The third-order valence-electron chi connectivity index (χ3n) is 5.60. The molecule has 0 spiro atoms. The SMILES string of the molecule is COc1cc(/C=C2/SC(=O)N(CC(=O)Nc3ccccc3C)C2=O)ccc1OCc1cccc([N+](=O)[O-])c1. The Balaban J connectivity index is 1.43. The Morgan fingerprint density at radius 3 is 2.61 bits per heavy atom. The number of thioether (sulfide) groups is 1. The van der Waals surface area contributed by atoms with Crippen molar-refractivity contribution >= 4 is 46.3 Å². The molecule has 0 unspecified atom stereocenters. The summed E-state index contributed by atoms with van der Waals surface area (Å²) in [6, 6.07) is 18.3. The van der Waals surface area contributed by atoms with Gasteiger partial charge < -0.3 is 14.8 Å². The Kier molecular flexibility index (Phi) is 8.07. The van der Waals surface area contributed by atoms with Crippen LogP contribution < -0.4 is 14.8 Å². The first kappa shape index (κ1) is 26.4. The number of aryl methyl sites for hydroxylation is 1. The Morgan fingerprint density at radius 1 is 1.08 bits per heavy atom. The van der Waals surface area contributed by atoms with Crippen LogP contribution in [0, 0.1) is 17.0 Å². The number of carbonyl (C=O) groups excluding carboxylic acids is 3. The molecule has 3 aromatic rings. The van der Waals surface area contributed by atoms with Crippen molar-refractivity contribution < 1.29 is 28.8 Å². The highest BCUT2D eigenvalue weighted by molar-refractivity contribution is 8.18. The molecule has 1 aliphatic rings. The minimum Gasteiger partial charge on any atom is -0.493 e. The molecular formula is C27H23N3O7S. The molecule has 0 saturated carbocycles. The molecule has 3 amide bonds. The molecule has 0 aliphatic carbocycles. The highest BCUT2D eigenvalue weighted by Crippen LogP contribution is 2.35. The molecule has 3 aromatic carbocycles. The summed E-state index contributed by atoms with van der Waals surface area (Å²) >= 11 is 0.748. The van der Waals surface area contributed by atoms with E-state index in [1.807, 2.05) is 19.1 Å². The van der Waals surface area contributed by atoms with Crippen LogP contribution in [-0.4, -0.2) is 40.5 Å². The maximum Gasteiger partial charge on any atom is 0.294 e. The predicted octanol–water partition coefficient (Wildman–Crippen LogP) is 5.17. The molecule has 4 rings (SSSR count). The lowest BCUT2D eigenvalue weighted by Crippen LogP contribution is -2.36. The second kappa shape index (κ2) is 11.6. The van der Waals surface area contributed by atoms with E-state index < -0.39 is 28.5 Å². The third kappa shape index (κ3) is 6.19. The molecular weight excluding hydrogens is 510 g/mol. The molecule has 1 fully saturated rings. The number of imide groups is 1. The van der Waals surface area contributed by atoms with E-state index >= 15 is 0 Å². The Morgan fingerprint density at radius 2 is 1.87 bits per heavy atom. The lowest BCUT2D eigenvalue weighted by molar-refractivity contribution is -0.384. The van der Waals surface area contributed by atoms with Crippen molar-refractivity contribution in [2.24, 2.45) is 0 Å². The van der Waals surface area contributed by atoms with Crippen LogP contribution in [0.15, 0.2) is 71.6 Å². The zero-order valence-electron chi connectivity index (χ0n) is 20.5. The molecule has 0 bridgehead atoms. The van der Waals surface area contributed by atoms with E-state index in [0.717, 1.165) is 22.2 Å². The number of nitrogens with zero attached hydrogens (tertiary/aromatic N) is 2. The smallest absolute Gasteiger partial charge is 0.294 e. The molecule has 194 valence electrons. The van der Waals surface area contributed by atoms with Crippen molar-refractivity contribution in [1.29, 1.82) is 0 Å². The van der Waals surface area contributed by atoms with Crippen LogP contribution >= 0.6 is 11.8 Å². The van der Waals surface area contributed by atoms with E-state index in [-0.39, 0.29) is 17.2 Å². The minimum absolute atomic E-state index is 0.0324. The van der Waals surface area contributed by atoms with E-state index in [2.05, 4.69) is 5.32 Å². The largest absolute Gasteiger partial charge is 0.493 e. The summed E-state index contributed by atoms with van der Waals surface area (Å²) < 4.78 is 11.2. The average molecular weight is 534 g/mol. The standard InChI is InChI=1S/C27H23N3O7S/c1-17-6-3-4-9-21(17)28-25(31)15-29-26(32)24(38-27(29)33)14-18-10-11-22(23(13-18)36-2)37-16-19-7-5-8-20(12-19)30(34)35/h3-14H,15-16H2,1-2H3,(H,28,31)/b24-14+. The maximum absolute atomic E-state index is 12.9. The van der Waals surface area contributed by atoms with Gasteiger partial charge in [-0.05, 0) is 59.7 Å². The van der Waals surface area contributed by atoms with Gasteiger partial charge in [0.2, 0.25) is 5.91 Å². The fraction of sp³-hybridized carbons (Fsp3) is 0.148. The van der Waals surface area contributed by atoms with Gasteiger partial charge in [-0.1, -0.05) is 36.4 Å². The number of benzene rings is 3. The van der Waals surface area contributed by atoms with Crippen LogP contribution in [0.5, 0.6) is 11.5 Å². The number of para-hydroxylation sites is 1. The van der Waals surface area contributed by atoms with Crippen molar-refractivity contribution in [3.63, 3.8) is 0 Å². The first-order chi connectivity index (χ1) is 18.2. The molecule has 1 saturated heterocycles. The number of carbonyl (C=O) groups is 3. The Hall–Kier alpha value is -4.64. The topological polar surface area (TPSA) is 128 Å². The average Bonchev–Trinajstić information content (AvgIpc) is 3.16. The molecule has 1 N–H and O–H groups in total. The summed E-state index contributed by atoms with van der Waals surface area (Å²) in [5.74, 6) is -0.266. The maximum atomic E-state index is 12.9. The van der Waals surface area contributed by atoms with Crippen LogP contribution in [0.4, 0.5) is 16.2 Å². The molecule has 1 aliphatic heterocycles. The zero-order chi connectivity index (χ0) is 27.2. The minimum atomic E-state index is -0.565. The number of hydrogen-bond acceptors (Lipinski definition) is 8. The van der Waals surface area contributed by atoms with Gasteiger partial charge in [-0.25, -0.2) is 0 Å². The highest BCUT2D eigenvalue weighted by atomic mass is 32.2. The third-order valence-corrected chi connectivity index (χ3v) is 6.50. The van der Waals surface area contributed by atoms with E-state index in [4.69, 9.17) is 9.47 Å². The number of ether oxygens (including phenoxy) is 2. The van der Waals surface area contributed by atoms with E-state index in [1.165, 1.54) is 25.3 Å². The molecule has 10 nitrogen and oxygen atoms in total. The van der Waals surface area contributed by atoms with Gasteiger partial charge in [0.05, 0.1) is 16.9 Å². The number of anilines is 1. The summed E-state index contributed by atoms with van der Waals surface area (Å²) in [4.78, 5) is 49.4. The Bertz CT molecular complexity index is 1450. The molecule has 38 heavy (non-hydrogen) atoms. The number of methoxy groups -OCH3 is 1. The van der Waals surface area contributed by atoms with Crippen LogP contribution in [-0.2, 0) is 16.2 Å². The number of nitro groups is 1. The van der Waals surface area contributed by atoms with Crippen LogP contribution in [0.2, 0.25) is 0 Å². The van der Waals surface area contributed by atoms with Gasteiger partial charge in [-0.3, -0.25) is 29.4 Å². The summed E-state index contributed by atoms with van der Waals surface area (Å²) in [7, 11) is 1.46. The van der Waals surface area contributed by atoms with Crippen LogP contribution in [0.3, 0.4) is 0 Å². The van der Waals surface area contributed by atoms with E-state index in [9.17, 15) is 24.5 Å². The van der Waals surface area contributed by atoms with Crippen molar-refractivity contribution in [3.8, 4) is 11.5 Å². The molecule has 0 radical (unpaired) electrons. The number of nitrogens with one attached hydrogen (secondary N) is 1. The number of non-ortho nitro benzene ring substituents is 1. The van der Waals surface area contributed by atoms with Crippen LogP contribution in [0.25, 0.3) is 6.08 Å². The fourth-order valence-electron chi connectivity index (χ4n) is 3.65. The Labute approximate surface area is 222 Å². The lowest BCUT2D eigenvalue weighted by atomic mass is 10.1. The zero-order valence-corrected chi connectivity index (χ0v) is 21.3. The van der Waals surface area contributed by atoms with Crippen molar-refractivity contribution in [1.82, 2.24) is 4.90 Å². The van der Waals surface area contributed by atoms with E-state index in [1.54, 1.807) is 42.5 Å². The summed E-state index contributed by atoms with van der Waals surface area (Å²) in [5.41, 5.74) is 2.64. The monoisotopic (exact) mass is 533 g/mol. The summed E-state index contributed by atoms with van der Waals surface area (Å²) in [6.45, 7) is 1.53. The summed E-state index contributed by atoms with van der Waals surface area (Å²) in [6.07, 6.45) is 1.54. The summed E-state index contributed by atoms with van der Waals surface area (Å²) in [5, 5.41) is 13.2. The first-order valence-corrected chi connectivity index (χ1v) is 12.2. The van der Waals surface area contributed by atoms with Gasteiger partial charge in [0.15, 0.2) is 11.5 Å². The van der Waals surface area contributed by atoms with Crippen LogP contribution in [0.1, 0.15) is 16.7 Å². The first-order valence-electron chi connectivity index (χ1n) is 11.4. The number of rotatable bonds is 9. The second-order valence-electron chi connectivity index (χ2n) is 8.26. The van der Waals surface area contributed by atoms with Crippen molar-refractivity contribution in [3.05, 3.63) is 98.4 Å². The van der Waals surface area contributed by atoms with Crippen molar-refractivity contribution in [2.45, 2.75) is 13.5 Å². The number of amides is 3. The predicted molar refractivity (Wildman–Crippen MR) is 143 cm³/mol. The van der Waals surface area contributed by atoms with Gasteiger partial charge in [0.1, 0.15) is 13.2 Å². The molecule has 11 heteroatoms. The normalized spacial score (nSPS) is 14.1. The van der Waals surface area contributed by atoms with Gasteiger partial charge >= 0.3 is 0 Å². The second-order valence-corrected chi connectivity index (χ2v) is 9.25. The van der Waals surface area contributed by atoms with Gasteiger partial charge in [0.25, 0.3) is 16.8 Å². The molecule has 0 aromatic heterocycles.